The third-order valence-corrected chi connectivity index (χ3v) is 2.15. The molecule has 1 fully saturated rings. The zero-order valence-electron chi connectivity index (χ0n) is 8.16. The average Bonchev–Trinajstić information content (AvgIpc) is 2.14. The smallest absolute Gasteiger partial charge is 0.396 e. The Hall–Kier alpha value is -0.0400. The number of alkyl halides is 3. The van der Waals surface area contributed by atoms with Crippen molar-refractivity contribution in [2.75, 3.05) is 32.8 Å². The Balaban J connectivity index is 0.00000196. The van der Waals surface area contributed by atoms with Crippen LogP contribution in [-0.2, 0) is 4.74 Å². The van der Waals surface area contributed by atoms with Crippen LogP contribution in [0.1, 0.15) is 6.42 Å². The van der Waals surface area contributed by atoms with E-state index in [4.69, 9.17) is 5.11 Å². The van der Waals surface area contributed by atoms with Gasteiger partial charge in [-0.25, -0.2) is 0 Å². The van der Waals surface area contributed by atoms with Crippen molar-refractivity contribution in [2.24, 2.45) is 0 Å². The number of aliphatic hydroxyl groups excluding tert-OH is 1. The first-order chi connectivity index (χ1) is 6.54. The summed E-state index contributed by atoms with van der Waals surface area (Å²) in [5.74, 6) is 0. The van der Waals surface area contributed by atoms with Gasteiger partial charge in [-0.05, 0) is 6.42 Å². The summed E-state index contributed by atoms with van der Waals surface area (Å²) in [5, 5.41) is 8.54. The van der Waals surface area contributed by atoms with Gasteiger partial charge in [-0.3, -0.25) is 4.90 Å². The van der Waals surface area contributed by atoms with Gasteiger partial charge in [0.05, 0.1) is 6.61 Å². The molecule has 0 aromatic carbocycles. The van der Waals surface area contributed by atoms with E-state index in [-0.39, 0.29) is 32.2 Å². The van der Waals surface area contributed by atoms with Crippen molar-refractivity contribution in [2.45, 2.75) is 18.7 Å². The third-order valence-electron chi connectivity index (χ3n) is 2.15. The largest absolute Gasteiger partial charge is 0.415 e. The van der Waals surface area contributed by atoms with E-state index in [2.05, 4.69) is 4.74 Å². The summed E-state index contributed by atoms with van der Waals surface area (Å²) < 4.78 is 41.3. The molecule has 0 aromatic rings. The van der Waals surface area contributed by atoms with Gasteiger partial charge < -0.3 is 9.84 Å². The maximum atomic E-state index is 12.2. The van der Waals surface area contributed by atoms with Gasteiger partial charge in [0, 0.05) is 26.2 Å². The van der Waals surface area contributed by atoms with Crippen molar-refractivity contribution in [3.8, 4) is 0 Å². The van der Waals surface area contributed by atoms with Crippen LogP contribution in [0, 0.1) is 0 Å². The Morgan fingerprint density at radius 2 is 2.07 bits per heavy atom. The Bertz CT molecular complexity index is 180. The summed E-state index contributed by atoms with van der Waals surface area (Å²) in [5.41, 5.74) is 0. The van der Waals surface area contributed by atoms with Crippen molar-refractivity contribution >= 4 is 12.4 Å². The molecule has 1 unspecified atom stereocenters. The molecule has 1 heterocycles. The summed E-state index contributed by atoms with van der Waals surface area (Å²) in [7, 11) is 0. The molecule has 1 N–H and O–H groups in total. The fourth-order valence-electron chi connectivity index (χ4n) is 1.40. The highest BCUT2D eigenvalue weighted by molar-refractivity contribution is 5.85. The number of halogens is 4. The Kier molecular flexibility index (Phi) is 6.51. The van der Waals surface area contributed by atoms with Gasteiger partial charge in [-0.15, -0.1) is 12.4 Å². The second-order valence-electron chi connectivity index (χ2n) is 3.28. The lowest BCUT2D eigenvalue weighted by Crippen LogP contribution is -2.49. The molecule has 7 heteroatoms. The van der Waals surface area contributed by atoms with Gasteiger partial charge in [0.25, 0.3) is 0 Å². The summed E-state index contributed by atoms with van der Waals surface area (Å²) >= 11 is 0. The highest BCUT2D eigenvalue weighted by Gasteiger charge is 2.43. The van der Waals surface area contributed by atoms with Crippen molar-refractivity contribution < 1.29 is 23.0 Å². The quantitative estimate of drug-likeness (QED) is 0.812. The molecule has 0 aliphatic carbocycles. The summed E-state index contributed by atoms with van der Waals surface area (Å²) in [6.45, 7) is 0.992. The molecule has 1 atom stereocenters. The van der Waals surface area contributed by atoms with Crippen LogP contribution in [0.4, 0.5) is 13.2 Å². The van der Waals surface area contributed by atoms with Crippen molar-refractivity contribution in [1.29, 1.82) is 0 Å². The van der Waals surface area contributed by atoms with E-state index in [1.165, 1.54) is 0 Å². The molecule has 1 aliphatic rings. The minimum absolute atomic E-state index is 0. The first-order valence-corrected chi connectivity index (χ1v) is 4.55. The molecule has 0 bridgehead atoms. The number of morpholine rings is 1. The topological polar surface area (TPSA) is 32.7 Å². The summed E-state index contributed by atoms with van der Waals surface area (Å²) in [6.07, 6.45) is -5.45. The predicted octanol–water partition coefficient (Wildman–Crippen LogP) is 1.05. The Morgan fingerprint density at radius 3 is 2.60 bits per heavy atom. The highest BCUT2D eigenvalue weighted by Crippen LogP contribution is 2.25. The molecule has 0 saturated carbocycles. The first-order valence-electron chi connectivity index (χ1n) is 4.55. The van der Waals surface area contributed by atoms with Crippen molar-refractivity contribution in [3.05, 3.63) is 0 Å². The van der Waals surface area contributed by atoms with Crippen LogP contribution < -0.4 is 0 Å². The lowest BCUT2D eigenvalue weighted by Gasteiger charge is -2.33. The van der Waals surface area contributed by atoms with Crippen molar-refractivity contribution in [1.82, 2.24) is 4.90 Å². The third kappa shape index (κ3) is 5.01. The van der Waals surface area contributed by atoms with E-state index in [0.29, 0.717) is 19.5 Å². The van der Waals surface area contributed by atoms with Gasteiger partial charge >= 0.3 is 6.18 Å². The molecule has 0 spiro atoms. The van der Waals surface area contributed by atoms with E-state index in [1.54, 1.807) is 4.90 Å². The molecule has 1 aliphatic heterocycles. The number of nitrogens with zero attached hydrogens (tertiary/aromatic N) is 1. The molecular formula is C8H15ClF3NO2. The zero-order valence-corrected chi connectivity index (χ0v) is 8.98. The van der Waals surface area contributed by atoms with E-state index < -0.39 is 12.3 Å². The standard InChI is InChI=1S/C8H14F3NO2.ClH/c9-8(10,11)7-6-12(2-1-4-13)3-5-14-7;/h7,13H,1-6H2;1H. The van der Waals surface area contributed by atoms with E-state index >= 15 is 0 Å². The highest BCUT2D eigenvalue weighted by atomic mass is 35.5. The van der Waals surface area contributed by atoms with Crippen LogP contribution in [0.15, 0.2) is 0 Å². The maximum Gasteiger partial charge on any atom is 0.415 e. The van der Waals surface area contributed by atoms with E-state index in [9.17, 15) is 13.2 Å². The summed E-state index contributed by atoms with van der Waals surface area (Å²) in [4.78, 5) is 1.66. The molecule has 0 aromatic heterocycles. The van der Waals surface area contributed by atoms with Crippen molar-refractivity contribution in [3.63, 3.8) is 0 Å². The fraction of sp³-hybridized carbons (Fsp3) is 1.00. The van der Waals surface area contributed by atoms with Gasteiger partial charge in [-0.2, -0.15) is 13.2 Å². The second-order valence-corrected chi connectivity index (χ2v) is 3.28. The van der Waals surface area contributed by atoms with Gasteiger partial charge in [-0.1, -0.05) is 0 Å². The van der Waals surface area contributed by atoms with Gasteiger partial charge in [0.1, 0.15) is 0 Å². The number of rotatable bonds is 3. The van der Waals surface area contributed by atoms with Gasteiger partial charge in [0.15, 0.2) is 6.10 Å². The minimum Gasteiger partial charge on any atom is -0.396 e. The zero-order chi connectivity index (χ0) is 10.6. The predicted molar refractivity (Wildman–Crippen MR) is 51.2 cm³/mol. The number of aliphatic hydroxyl groups is 1. The normalized spacial score (nSPS) is 23.6. The average molecular weight is 250 g/mol. The van der Waals surface area contributed by atoms with E-state index in [1.807, 2.05) is 0 Å². The van der Waals surface area contributed by atoms with Crippen LogP contribution in [0.5, 0.6) is 0 Å². The maximum absolute atomic E-state index is 12.2. The SMILES string of the molecule is Cl.OCCCN1CCOC(C(F)(F)F)C1. The number of ether oxygens (including phenoxy) is 1. The Morgan fingerprint density at radius 1 is 1.40 bits per heavy atom. The Labute approximate surface area is 92.6 Å². The number of hydrogen-bond acceptors (Lipinski definition) is 3. The molecule has 1 rings (SSSR count). The minimum atomic E-state index is -4.28. The van der Waals surface area contributed by atoms with Crippen LogP contribution in [0.2, 0.25) is 0 Å². The first kappa shape index (κ1) is 15.0. The van der Waals surface area contributed by atoms with E-state index in [0.717, 1.165) is 0 Å². The van der Waals surface area contributed by atoms with Crippen LogP contribution >= 0.6 is 12.4 Å². The lowest BCUT2D eigenvalue weighted by molar-refractivity contribution is -0.237. The molecule has 3 nitrogen and oxygen atoms in total. The number of hydrogen-bond donors (Lipinski definition) is 1. The molecule has 15 heavy (non-hydrogen) atoms. The molecule has 0 radical (unpaired) electrons. The lowest BCUT2D eigenvalue weighted by atomic mass is 10.2. The van der Waals surface area contributed by atoms with Crippen LogP contribution in [0.25, 0.3) is 0 Å². The fourth-order valence-corrected chi connectivity index (χ4v) is 1.40. The van der Waals surface area contributed by atoms with Gasteiger partial charge in [0.2, 0.25) is 0 Å². The van der Waals surface area contributed by atoms with Crippen LogP contribution in [-0.4, -0.2) is 55.1 Å². The van der Waals surface area contributed by atoms with Crippen LogP contribution in [0.3, 0.4) is 0 Å². The molecule has 1 saturated heterocycles. The molecule has 0 amide bonds. The monoisotopic (exact) mass is 249 g/mol. The molecular weight excluding hydrogens is 235 g/mol. The molecule has 92 valence electrons. The second kappa shape index (κ2) is 6.52. The summed E-state index contributed by atoms with van der Waals surface area (Å²) in [6, 6.07) is 0.